The third-order valence-corrected chi connectivity index (χ3v) is 3.66. The Labute approximate surface area is 127 Å². The van der Waals surface area contributed by atoms with Gasteiger partial charge in [0.05, 0.1) is 18.8 Å². The van der Waals surface area contributed by atoms with Gasteiger partial charge in [-0.15, -0.1) is 0 Å². The summed E-state index contributed by atoms with van der Waals surface area (Å²) in [7, 11) is 0. The van der Waals surface area contributed by atoms with E-state index in [2.05, 4.69) is 19.2 Å². The van der Waals surface area contributed by atoms with Crippen molar-refractivity contribution in [3.05, 3.63) is 30.3 Å². The van der Waals surface area contributed by atoms with Crippen molar-refractivity contribution >= 4 is 0 Å². The molecule has 4 heteroatoms. The van der Waals surface area contributed by atoms with Crippen LogP contribution in [0.15, 0.2) is 30.3 Å². The number of hydrogen-bond donors (Lipinski definition) is 1. The average Bonchev–Trinajstić information content (AvgIpc) is 2.50. The first kappa shape index (κ1) is 16.3. The summed E-state index contributed by atoms with van der Waals surface area (Å²) in [6, 6.07) is 10.3. The molecule has 1 aromatic carbocycles. The molecule has 0 heterocycles. The Hall–Kier alpha value is -1.10. The molecule has 1 aromatic rings. The minimum Gasteiger partial charge on any atom is -0.491 e. The highest BCUT2D eigenvalue weighted by atomic mass is 16.6. The fourth-order valence-corrected chi connectivity index (χ4v) is 2.56. The topological polar surface area (TPSA) is 39.7 Å². The van der Waals surface area contributed by atoms with E-state index in [1.54, 1.807) is 0 Å². The minimum atomic E-state index is 0.182. The highest BCUT2D eigenvalue weighted by Crippen LogP contribution is 2.27. The summed E-state index contributed by atoms with van der Waals surface area (Å²) in [4.78, 5) is 0. The molecule has 2 rings (SSSR count). The highest BCUT2D eigenvalue weighted by Gasteiger charge is 2.42. The number of benzene rings is 1. The van der Waals surface area contributed by atoms with Crippen LogP contribution in [0.5, 0.6) is 5.75 Å². The molecule has 21 heavy (non-hydrogen) atoms. The lowest BCUT2D eigenvalue weighted by Gasteiger charge is -2.44. The molecule has 4 nitrogen and oxygen atoms in total. The van der Waals surface area contributed by atoms with Crippen molar-refractivity contribution in [2.75, 3.05) is 26.4 Å². The fourth-order valence-electron chi connectivity index (χ4n) is 2.56. The Kier molecular flexibility index (Phi) is 7.00. The smallest absolute Gasteiger partial charge is 0.119 e. The van der Waals surface area contributed by atoms with Crippen molar-refractivity contribution < 1.29 is 14.2 Å². The molecular formula is C17H27NO3. The zero-order chi connectivity index (χ0) is 14.9. The van der Waals surface area contributed by atoms with Gasteiger partial charge in [0.25, 0.3) is 0 Å². The molecule has 1 N–H and O–H groups in total. The zero-order valence-electron chi connectivity index (χ0n) is 13.1. The van der Waals surface area contributed by atoms with Crippen molar-refractivity contribution in [2.45, 2.75) is 44.9 Å². The SMILES string of the molecule is CCCOC1C(NCC)CC1OCCOc1ccccc1. The molecule has 0 amide bonds. The van der Waals surface area contributed by atoms with Crippen LogP contribution in [0.1, 0.15) is 26.7 Å². The molecular weight excluding hydrogens is 266 g/mol. The molecule has 1 aliphatic carbocycles. The van der Waals surface area contributed by atoms with Crippen molar-refractivity contribution in [2.24, 2.45) is 0 Å². The van der Waals surface area contributed by atoms with Gasteiger partial charge in [0.15, 0.2) is 0 Å². The summed E-state index contributed by atoms with van der Waals surface area (Å²) in [5.74, 6) is 0.888. The zero-order valence-corrected chi connectivity index (χ0v) is 13.1. The van der Waals surface area contributed by atoms with E-state index in [0.717, 1.165) is 31.7 Å². The minimum absolute atomic E-state index is 0.182. The fraction of sp³-hybridized carbons (Fsp3) is 0.647. The van der Waals surface area contributed by atoms with Gasteiger partial charge in [0, 0.05) is 12.6 Å². The van der Waals surface area contributed by atoms with Crippen LogP contribution in [-0.2, 0) is 9.47 Å². The maximum absolute atomic E-state index is 5.90. The standard InChI is InChI=1S/C17H27NO3/c1-3-10-21-17-15(18-4-2)13-16(17)20-12-11-19-14-8-6-5-7-9-14/h5-9,15-18H,3-4,10-13H2,1-2H3. The molecule has 1 fully saturated rings. The van der Waals surface area contributed by atoms with Crippen LogP contribution in [0.4, 0.5) is 0 Å². The predicted molar refractivity (Wildman–Crippen MR) is 83.8 cm³/mol. The van der Waals surface area contributed by atoms with Gasteiger partial charge < -0.3 is 19.5 Å². The Morgan fingerprint density at radius 1 is 1.05 bits per heavy atom. The van der Waals surface area contributed by atoms with Gasteiger partial charge >= 0.3 is 0 Å². The first-order valence-corrected chi connectivity index (χ1v) is 7.99. The van der Waals surface area contributed by atoms with E-state index < -0.39 is 0 Å². The third-order valence-electron chi connectivity index (χ3n) is 3.66. The summed E-state index contributed by atoms with van der Waals surface area (Å²) in [5, 5.41) is 3.45. The summed E-state index contributed by atoms with van der Waals surface area (Å²) >= 11 is 0. The van der Waals surface area contributed by atoms with Gasteiger partial charge in [0.1, 0.15) is 12.4 Å². The summed E-state index contributed by atoms with van der Waals surface area (Å²) in [5.41, 5.74) is 0. The lowest BCUT2D eigenvalue weighted by molar-refractivity contribution is -0.149. The van der Waals surface area contributed by atoms with Crippen molar-refractivity contribution in [1.82, 2.24) is 5.32 Å². The van der Waals surface area contributed by atoms with Gasteiger partial charge in [-0.2, -0.15) is 0 Å². The number of rotatable bonds is 10. The van der Waals surface area contributed by atoms with E-state index in [-0.39, 0.29) is 12.2 Å². The van der Waals surface area contributed by atoms with Crippen LogP contribution in [0.25, 0.3) is 0 Å². The number of nitrogens with one attached hydrogen (secondary N) is 1. The second-order valence-electron chi connectivity index (χ2n) is 5.31. The monoisotopic (exact) mass is 293 g/mol. The summed E-state index contributed by atoms with van der Waals surface area (Å²) in [6.07, 6.45) is 2.44. The second kappa shape index (κ2) is 9.03. The van der Waals surface area contributed by atoms with Gasteiger partial charge in [-0.3, -0.25) is 0 Å². The number of ether oxygens (including phenoxy) is 3. The van der Waals surface area contributed by atoms with Gasteiger partial charge in [-0.05, 0) is 31.5 Å². The Bertz CT molecular complexity index is 385. The third kappa shape index (κ3) is 4.99. The number of hydrogen-bond acceptors (Lipinski definition) is 4. The maximum atomic E-state index is 5.90. The van der Waals surface area contributed by atoms with E-state index in [9.17, 15) is 0 Å². The molecule has 0 aliphatic heterocycles. The molecule has 3 unspecified atom stereocenters. The molecule has 118 valence electrons. The van der Waals surface area contributed by atoms with Crippen molar-refractivity contribution in [3.63, 3.8) is 0 Å². The molecule has 0 bridgehead atoms. The summed E-state index contributed by atoms with van der Waals surface area (Å²) in [6.45, 7) is 7.20. The quantitative estimate of drug-likeness (QED) is 0.673. The van der Waals surface area contributed by atoms with E-state index in [4.69, 9.17) is 14.2 Å². The molecule has 0 saturated heterocycles. The lowest BCUT2D eigenvalue weighted by Crippen LogP contribution is -2.60. The van der Waals surface area contributed by atoms with Gasteiger partial charge in [-0.25, -0.2) is 0 Å². The van der Waals surface area contributed by atoms with Crippen LogP contribution in [0.2, 0.25) is 0 Å². The van der Waals surface area contributed by atoms with Crippen LogP contribution in [0.3, 0.4) is 0 Å². The Morgan fingerprint density at radius 3 is 2.57 bits per heavy atom. The first-order chi connectivity index (χ1) is 10.3. The van der Waals surface area contributed by atoms with Gasteiger partial charge in [0.2, 0.25) is 0 Å². The van der Waals surface area contributed by atoms with Crippen molar-refractivity contribution in [3.8, 4) is 5.75 Å². The van der Waals surface area contributed by atoms with E-state index in [0.29, 0.717) is 19.3 Å². The highest BCUT2D eigenvalue weighted by molar-refractivity contribution is 5.20. The summed E-state index contributed by atoms with van der Waals surface area (Å²) < 4.78 is 17.4. The first-order valence-electron chi connectivity index (χ1n) is 7.99. The lowest BCUT2D eigenvalue weighted by atomic mass is 9.85. The number of para-hydroxylation sites is 1. The molecule has 0 spiro atoms. The van der Waals surface area contributed by atoms with Crippen LogP contribution >= 0.6 is 0 Å². The number of likely N-dealkylation sites (N-methyl/N-ethyl adjacent to an activating group) is 1. The molecule has 1 saturated carbocycles. The molecule has 0 aromatic heterocycles. The maximum Gasteiger partial charge on any atom is 0.119 e. The molecule has 0 radical (unpaired) electrons. The van der Waals surface area contributed by atoms with E-state index in [1.165, 1.54) is 0 Å². The average molecular weight is 293 g/mol. The van der Waals surface area contributed by atoms with Crippen LogP contribution in [-0.4, -0.2) is 44.6 Å². The molecule has 1 aliphatic rings. The normalized spacial score (nSPS) is 24.6. The van der Waals surface area contributed by atoms with E-state index in [1.807, 2.05) is 30.3 Å². The van der Waals surface area contributed by atoms with Crippen molar-refractivity contribution in [1.29, 1.82) is 0 Å². The second-order valence-corrected chi connectivity index (χ2v) is 5.31. The largest absolute Gasteiger partial charge is 0.491 e. The Balaban J connectivity index is 1.65. The van der Waals surface area contributed by atoms with E-state index >= 15 is 0 Å². The molecule has 3 atom stereocenters. The Morgan fingerprint density at radius 2 is 1.86 bits per heavy atom. The van der Waals surface area contributed by atoms with Gasteiger partial charge in [-0.1, -0.05) is 32.0 Å². The van der Waals surface area contributed by atoms with Crippen LogP contribution in [0, 0.1) is 0 Å². The van der Waals surface area contributed by atoms with Crippen LogP contribution < -0.4 is 10.1 Å². The predicted octanol–water partition coefficient (Wildman–Crippen LogP) is 2.63.